The van der Waals surface area contributed by atoms with E-state index in [1.807, 2.05) is 0 Å². The molecule has 0 aromatic carbocycles. The first-order chi connectivity index (χ1) is 8.09. The molecule has 6 heteroatoms. The van der Waals surface area contributed by atoms with E-state index in [9.17, 15) is 9.59 Å². The van der Waals surface area contributed by atoms with Crippen molar-refractivity contribution >= 4 is 24.4 Å². The standard InChI is InChI=1S/C11H18N2O3S/c1-7(17)11(15)13-4-5-16-6-9(13)10(14)12-8-2-3-8/h7-9,17H,2-6H2,1H3,(H,12,14). The lowest BCUT2D eigenvalue weighted by molar-refractivity contribution is -0.147. The van der Waals surface area contributed by atoms with Crippen LogP contribution in [0.3, 0.4) is 0 Å². The van der Waals surface area contributed by atoms with Crippen molar-refractivity contribution in [3.8, 4) is 0 Å². The third kappa shape index (κ3) is 3.13. The van der Waals surface area contributed by atoms with E-state index in [-0.39, 0.29) is 23.7 Å². The fraction of sp³-hybridized carbons (Fsp3) is 0.818. The molecule has 1 N–H and O–H groups in total. The van der Waals surface area contributed by atoms with Gasteiger partial charge in [-0.05, 0) is 19.8 Å². The van der Waals surface area contributed by atoms with Gasteiger partial charge in [0.2, 0.25) is 11.8 Å². The van der Waals surface area contributed by atoms with E-state index in [1.54, 1.807) is 11.8 Å². The van der Waals surface area contributed by atoms with E-state index in [1.165, 1.54) is 0 Å². The van der Waals surface area contributed by atoms with E-state index in [4.69, 9.17) is 4.74 Å². The number of thiol groups is 1. The summed E-state index contributed by atoms with van der Waals surface area (Å²) in [4.78, 5) is 25.5. The number of ether oxygens (including phenoxy) is 1. The lowest BCUT2D eigenvalue weighted by atomic mass is 10.2. The first-order valence-electron chi connectivity index (χ1n) is 5.96. The summed E-state index contributed by atoms with van der Waals surface area (Å²) in [6.45, 7) is 2.95. The van der Waals surface area contributed by atoms with Crippen LogP contribution in [0.2, 0.25) is 0 Å². The smallest absolute Gasteiger partial charge is 0.245 e. The molecule has 2 amide bonds. The Hall–Kier alpha value is -0.750. The highest BCUT2D eigenvalue weighted by Gasteiger charge is 2.36. The predicted octanol–water partition coefficient (Wildman–Crippen LogP) is -0.189. The molecule has 2 aliphatic rings. The number of carbonyl (C=O) groups is 2. The van der Waals surface area contributed by atoms with Crippen molar-refractivity contribution in [1.82, 2.24) is 10.2 Å². The largest absolute Gasteiger partial charge is 0.377 e. The first kappa shape index (κ1) is 12.7. The summed E-state index contributed by atoms with van der Waals surface area (Å²) in [6.07, 6.45) is 2.08. The number of nitrogens with zero attached hydrogens (tertiary/aromatic N) is 1. The summed E-state index contributed by atoms with van der Waals surface area (Å²) in [5.41, 5.74) is 0. The third-order valence-electron chi connectivity index (χ3n) is 3.00. The van der Waals surface area contributed by atoms with Crippen LogP contribution in [-0.4, -0.2) is 53.8 Å². The number of rotatable bonds is 3. The average molecular weight is 258 g/mol. The molecule has 0 aromatic heterocycles. The molecule has 0 aromatic rings. The van der Waals surface area contributed by atoms with Crippen LogP contribution in [0.1, 0.15) is 19.8 Å². The Kier molecular flexibility index (Phi) is 3.93. The molecule has 1 heterocycles. The summed E-state index contributed by atoms with van der Waals surface area (Å²) < 4.78 is 5.29. The maximum Gasteiger partial charge on any atom is 0.245 e. The highest BCUT2D eigenvalue weighted by atomic mass is 32.1. The van der Waals surface area contributed by atoms with Crippen LogP contribution in [0.5, 0.6) is 0 Å². The maximum absolute atomic E-state index is 12.0. The van der Waals surface area contributed by atoms with Crippen molar-refractivity contribution in [2.45, 2.75) is 37.1 Å². The molecule has 5 nitrogen and oxygen atoms in total. The van der Waals surface area contributed by atoms with Crippen LogP contribution in [-0.2, 0) is 14.3 Å². The van der Waals surface area contributed by atoms with Crippen molar-refractivity contribution in [3.05, 3.63) is 0 Å². The zero-order valence-corrected chi connectivity index (χ0v) is 10.8. The van der Waals surface area contributed by atoms with Crippen molar-refractivity contribution in [2.75, 3.05) is 19.8 Å². The lowest BCUT2D eigenvalue weighted by Crippen LogP contribution is -2.57. The second-order valence-corrected chi connectivity index (χ2v) is 5.36. The van der Waals surface area contributed by atoms with Crippen LogP contribution in [0.15, 0.2) is 0 Å². The van der Waals surface area contributed by atoms with E-state index in [0.29, 0.717) is 19.2 Å². The molecule has 2 fully saturated rings. The number of amides is 2. The molecule has 2 atom stereocenters. The van der Waals surface area contributed by atoms with E-state index in [2.05, 4.69) is 17.9 Å². The van der Waals surface area contributed by atoms with E-state index < -0.39 is 6.04 Å². The summed E-state index contributed by atoms with van der Waals surface area (Å²) in [6, 6.07) is -0.193. The summed E-state index contributed by atoms with van der Waals surface area (Å²) in [5, 5.41) is 2.52. The van der Waals surface area contributed by atoms with Gasteiger partial charge in [0.1, 0.15) is 6.04 Å². The molecule has 1 saturated heterocycles. The topological polar surface area (TPSA) is 58.6 Å². The minimum absolute atomic E-state index is 0.102. The van der Waals surface area contributed by atoms with Crippen molar-refractivity contribution < 1.29 is 14.3 Å². The summed E-state index contributed by atoms with van der Waals surface area (Å²) in [5.74, 6) is -0.206. The molecule has 96 valence electrons. The zero-order chi connectivity index (χ0) is 12.4. The molecule has 1 aliphatic heterocycles. The Morgan fingerprint density at radius 3 is 2.76 bits per heavy atom. The van der Waals surface area contributed by atoms with Gasteiger partial charge < -0.3 is 15.0 Å². The van der Waals surface area contributed by atoms with Gasteiger partial charge in [-0.15, -0.1) is 0 Å². The van der Waals surface area contributed by atoms with Gasteiger partial charge in [0, 0.05) is 12.6 Å². The van der Waals surface area contributed by atoms with Crippen LogP contribution in [0, 0.1) is 0 Å². The fourth-order valence-corrected chi connectivity index (χ4v) is 2.00. The molecule has 2 unspecified atom stereocenters. The zero-order valence-electron chi connectivity index (χ0n) is 9.89. The first-order valence-corrected chi connectivity index (χ1v) is 6.48. The Labute approximate surface area is 106 Å². The van der Waals surface area contributed by atoms with Crippen molar-refractivity contribution in [1.29, 1.82) is 0 Å². The van der Waals surface area contributed by atoms with Gasteiger partial charge in [-0.25, -0.2) is 0 Å². The van der Waals surface area contributed by atoms with E-state index in [0.717, 1.165) is 12.8 Å². The summed E-state index contributed by atoms with van der Waals surface area (Å²) >= 11 is 4.13. The minimum atomic E-state index is -0.494. The summed E-state index contributed by atoms with van der Waals surface area (Å²) in [7, 11) is 0. The molecule has 0 spiro atoms. The molecule has 1 saturated carbocycles. The second kappa shape index (κ2) is 5.27. The van der Waals surface area contributed by atoms with Gasteiger partial charge in [-0.1, -0.05) is 0 Å². The average Bonchev–Trinajstić information content (AvgIpc) is 3.11. The molecule has 0 radical (unpaired) electrons. The maximum atomic E-state index is 12.0. The quantitative estimate of drug-likeness (QED) is 0.690. The van der Waals surface area contributed by atoms with Crippen LogP contribution in [0.25, 0.3) is 0 Å². The molecule has 1 aliphatic carbocycles. The Bertz CT molecular complexity index is 318. The highest BCUT2D eigenvalue weighted by molar-refractivity contribution is 7.81. The predicted molar refractivity (Wildman–Crippen MR) is 65.9 cm³/mol. The van der Waals surface area contributed by atoms with Gasteiger partial charge in [-0.2, -0.15) is 12.6 Å². The Balaban J connectivity index is 2.00. The Morgan fingerprint density at radius 2 is 2.18 bits per heavy atom. The van der Waals surface area contributed by atoms with Gasteiger partial charge in [0.25, 0.3) is 0 Å². The normalized spacial score (nSPS) is 26.5. The monoisotopic (exact) mass is 258 g/mol. The van der Waals surface area contributed by atoms with Crippen LogP contribution < -0.4 is 5.32 Å². The SMILES string of the molecule is CC(S)C(=O)N1CCOCC1C(=O)NC1CC1. The number of hydrogen-bond donors (Lipinski definition) is 2. The van der Waals surface area contributed by atoms with Gasteiger partial charge in [0.05, 0.1) is 18.5 Å². The fourth-order valence-electron chi connectivity index (χ4n) is 1.85. The van der Waals surface area contributed by atoms with Crippen molar-refractivity contribution in [2.24, 2.45) is 0 Å². The highest BCUT2D eigenvalue weighted by Crippen LogP contribution is 2.20. The number of morpholine rings is 1. The van der Waals surface area contributed by atoms with E-state index >= 15 is 0 Å². The Morgan fingerprint density at radius 1 is 1.47 bits per heavy atom. The molecule has 2 rings (SSSR count). The molecule has 17 heavy (non-hydrogen) atoms. The number of carbonyl (C=O) groups excluding carboxylic acids is 2. The van der Waals surface area contributed by atoms with Gasteiger partial charge in [0.15, 0.2) is 0 Å². The molecular formula is C11H18N2O3S. The second-order valence-electron chi connectivity index (χ2n) is 4.58. The molecule has 0 bridgehead atoms. The van der Waals surface area contributed by atoms with Gasteiger partial charge in [-0.3, -0.25) is 9.59 Å². The molecular weight excluding hydrogens is 240 g/mol. The van der Waals surface area contributed by atoms with Gasteiger partial charge >= 0.3 is 0 Å². The number of hydrogen-bond acceptors (Lipinski definition) is 4. The number of nitrogens with one attached hydrogen (secondary N) is 1. The van der Waals surface area contributed by atoms with Crippen LogP contribution in [0.4, 0.5) is 0 Å². The van der Waals surface area contributed by atoms with Crippen molar-refractivity contribution in [3.63, 3.8) is 0 Å². The third-order valence-corrected chi connectivity index (χ3v) is 3.22. The minimum Gasteiger partial charge on any atom is -0.377 e. The van der Waals surface area contributed by atoms with Crippen LogP contribution >= 0.6 is 12.6 Å². The lowest BCUT2D eigenvalue weighted by Gasteiger charge is -2.35.